The standard InChI is InChI=1S/C13H19NO4/c1-18-13(17)12(8-14-7-11(16)9-15)10-5-3-2-4-6-10/h2-6,11-12,14-16H,7-9H2,1H3. The van der Waals surface area contributed by atoms with Crippen LogP contribution in [0.5, 0.6) is 0 Å². The Hall–Kier alpha value is -1.43. The van der Waals surface area contributed by atoms with Gasteiger partial charge in [-0.1, -0.05) is 30.3 Å². The largest absolute Gasteiger partial charge is 0.469 e. The van der Waals surface area contributed by atoms with E-state index in [0.29, 0.717) is 6.54 Å². The van der Waals surface area contributed by atoms with Crippen LogP contribution in [0.15, 0.2) is 30.3 Å². The SMILES string of the molecule is COC(=O)C(CNCC(O)CO)c1ccccc1. The number of methoxy groups -OCH3 is 1. The lowest BCUT2D eigenvalue weighted by molar-refractivity contribution is -0.142. The van der Waals surface area contributed by atoms with Gasteiger partial charge < -0.3 is 20.3 Å². The maximum Gasteiger partial charge on any atom is 0.314 e. The van der Waals surface area contributed by atoms with Crippen molar-refractivity contribution in [1.82, 2.24) is 5.32 Å². The molecule has 0 heterocycles. The van der Waals surface area contributed by atoms with E-state index in [1.165, 1.54) is 7.11 Å². The van der Waals surface area contributed by atoms with Gasteiger partial charge in [0.15, 0.2) is 0 Å². The van der Waals surface area contributed by atoms with Crippen LogP contribution in [0.1, 0.15) is 11.5 Å². The molecule has 100 valence electrons. The highest BCUT2D eigenvalue weighted by atomic mass is 16.5. The molecule has 0 saturated heterocycles. The summed E-state index contributed by atoms with van der Waals surface area (Å²) in [6.07, 6.45) is -0.820. The molecule has 0 spiro atoms. The second-order valence-corrected chi connectivity index (χ2v) is 3.98. The lowest BCUT2D eigenvalue weighted by atomic mass is 9.99. The monoisotopic (exact) mass is 253 g/mol. The number of benzene rings is 1. The highest BCUT2D eigenvalue weighted by Crippen LogP contribution is 2.16. The smallest absolute Gasteiger partial charge is 0.314 e. The van der Waals surface area contributed by atoms with Gasteiger partial charge in [0.1, 0.15) is 0 Å². The van der Waals surface area contributed by atoms with Crippen LogP contribution in [0.3, 0.4) is 0 Å². The van der Waals surface area contributed by atoms with Gasteiger partial charge in [-0.3, -0.25) is 4.79 Å². The molecule has 18 heavy (non-hydrogen) atoms. The van der Waals surface area contributed by atoms with Crippen LogP contribution in [0, 0.1) is 0 Å². The fourth-order valence-electron chi connectivity index (χ4n) is 1.62. The molecule has 0 aliphatic carbocycles. The summed E-state index contributed by atoms with van der Waals surface area (Å²) < 4.78 is 4.76. The van der Waals surface area contributed by atoms with Crippen molar-refractivity contribution in [3.63, 3.8) is 0 Å². The zero-order valence-electron chi connectivity index (χ0n) is 10.4. The molecular formula is C13H19NO4. The molecule has 0 bridgehead atoms. The number of ether oxygens (including phenoxy) is 1. The molecule has 0 radical (unpaired) electrons. The Morgan fingerprint density at radius 1 is 1.33 bits per heavy atom. The Balaban J connectivity index is 2.60. The number of hydrogen-bond acceptors (Lipinski definition) is 5. The first-order valence-corrected chi connectivity index (χ1v) is 5.81. The molecule has 0 aromatic heterocycles. The summed E-state index contributed by atoms with van der Waals surface area (Å²) in [4.78, 5) is 11.7. The lowest BCUT2D eigenvalue weighted by Gasteiger charge is -2.17. The van der Waals surface area contributed by atoms with Gasteiger partial charge in [-0.15, -0.1) is 0 Å². The van der Waals surface area contributed by atoms with Crippen molar-refractivity contribution >= 4 is 5.97 Å². The zero-order chi connectivity index (χ0) is 13.4. The summed E-state index contributed by atoms with van der Waals surface area (Å²) in [5.41, 5.74) is 0.857. The van der Waals surface area contributed by atoms with Gasteiger partial charge in [-0.2, -0.15) is 0 Å². The minimum Gasteiger partial charge on any atom is -0.469 e. The number of carbonyl (C=O) groups excluding carboxylic acids is 1. The molecule has 1 aromatic rings. The fraction of sp³-hybridized carbons (Fsp3) is 0.462. The van der Waals surface area contributed by atoms with E-state index in [2.05, 4.69) is 5.32 Å². The molecule has 2 unspecified atom stereocenters. The topological polar surface area (TPSA) is 78.8 Å². The van der Waals surface area contributed by atoms with Crippen LogP contribution in [0.25, 0.3) is 0 Å². The highest BCUT2D eigenvalue weighted by Gasteiger charge is 2.20. The number of rotatable bonds is 7. The maximum absolute atomic E-state index is 11.7. The number of hydrogen-bond donors (Lipinski definition) is 3. The summed E-state index contributed by atoms with van der Waals surface area (Å²) in [6.45, 7) is 0.284. The number of nitrogens with one attached hydrogen (secondary N) is 1. The average molecular weight is 253 g/mol. The predicted octanol–water partition coefficient (Wildman–Crippen LogP) is -0.114. The van der Waals surface area contributed by atoms with E-state index in [0.717, 1.165) is 5.56 Å². The van der Waals surface area contributed by atoms with Crippen molar-refractivity contribution in [3.8, 4) is 0 Å². The van der Waals surface area contributed by atoms with Crippen LogP contribution in [0.2, 0.25) is 0 Å². The van der Waals surface area contributed by atoms with E-state index in [9.17, 15) is 9.90 Å². The van der Waals surface area contributed by atoms with Crippen LogP contribution in [-0.4, -0.2) is 49.1 Å². The first kappa shape index (κ1) is 14.6. The Bertz CT molecular complexity index is 355. The molecule has 0 fully saturated rings. The molecular weight excluding hydrogens is 234 g/mol. The molecule has 2 atom stereocenters. The first-order valence-electron chi connectivity index (χ1n) is 5.81. The van der Waals surface area contributed by atoms with Crippen molar-refractivity contribution in [2.75, 3.05) is 26.8 Å². The van der Waals surface area contributed by atoms with Gasteiger partial charge >= 0.3 is 5.97 Å². The first-order chi connectivity index (χ1) is 8.69. The van der Waals surface area contributed by atoms with E-state index in [1.807, 2.05) is 30.3 Å². The van der Waals surface area contributed by atoms with Crippen LogP contribution in [0.4, 0.5) is 0 Å². The van der Waals surface area contributed by atoms with E-state index in [1.54, 1.807) is 0 Å². The second kappa shape index (κ2) is 7.81. The summed E-state index contributed by atoms with van der Waals surface area (Å²) >= 11 is 0. The average Bonchev–Trinajstić information content (AvgIpc) is 2.43. The molecule has 3 N–H and O–H groups in total. The quantitative estimate of drug-likeness (QED) is 0.591. The number of aliphatic hydroxyl groups is 2. The van der Waals surface area contributed by atoms with Gasteiger partial charge in [0.25, 0.3) is 0 Å². The van der Waals surface area contributed by atoms with E-state index >= 15 is 0 Å². The minimum absolute atomic E-state index is 0.233. The minimum atomic E-state index is -0.820. The Morgan fingerprint density at radius 3 is 2.56 bits per heavy atom. The summed E-state index contributed by atoms with van der Waals surface area (Å²) in [5, 5.41) is 20.8. The van der Waals surface area contributed by atoms with Crippen LogP contribution < -0.4 is 5.32 Å². The molecule has 0 amide bonds. The Labute approximate surface area is 106 Å². The van der Waals surface area contributed by atoms with Crippen LogP contribution in [-0.2, 0) is 9.53 Å². The lowest BCUT2D eigenvalue weighted by Crippen LogP contribution is -2.34. The van der Waals surface area contributed by atoms with Gasteiger partial charge in [-0.05, 0) is 5.56 Å². The molecule has 0 saturated carbocycles. The van der Waals surface area contributed by atoms with Crippen molar-refractivity contribution in [2.45, 2.75) is 12.0 Å². The van der Waals surface area contributed by atoms with Crippen molar-refractivity contribution in [2.24, 2.45) is 0 Å². The van der Waals surface area contributed by atoms with Gasteiger partial charge in [0.05, 0.1) is 25.7 Å². The number of carbonyl (C=O) groups is 1. The second-order valence-electron chi connectivity index (χ2n) is 3.98. The Morgan fingerprint density at radius 2 is 2.00 bits per heavy atom. The number of aliphatic hydroxyl groups excluding tert-OH is 2. The molecule has 1 aromatic carbocycles. The number of esters is 1. The third-order valence-corrected chi connectivity index (χ3v) is 2.63. The molecule has 5 nitrogen and oxygen atoms in total. The molecule has 1 rings (SSSR count). The maximum atomic E-state index is 11.7. The van der Waals surface area contributed by atoms with E-state index < -0.39 is 12.0 Å². The summed E-state index contributed by atoms with van der Waals surface area (Å²) in [5.74, 6) is -0.741. The van der Waals surface area contributed by atoms with Crippen molar-refractivity contribution in [1.29, 1.82) is 0 Å². The van der Waals surface area contributed by atoms with Crippen molar-refractivity contribution < 1.29 is 19.7 Å². The normalized spacial score (nSPS) is 13.9. The third-order valence-electron chi connectivity index (χ3n) is 2.63. The zero-order valence-corrected chi connectivity index (χ0v) is 10.4. The van der Waals surface area contributed by atoms with Crippen LogP contribution >= 0.6 is 0 Å². The van der Waals surface area contributed by atoms with E-state index in [4.69, 9.17) is 9.84 Å². The summed E-state index contributed by atoms with van der Waals surface area (Å²) in [7, 11) is 1.35. The van der Waals surface area contributed by atoms with Gasteiger partial charge in [0.2, 0.25) is 0 Å². The molecule has 5 heteroatoms. The fourth-order valence-corrected chi connectivity index (χ4v) is 1.62. The Kier molecular flexibility index (Phi) is 6.35. The summed E-state index contributed by atoms with van der Waals surface area (Å²) in [6, 6.07) is 9.29. The highest BCUT2D eigenvalue weighted by molar-refractivity contribution is 5.78. The van der Waals surface area contributed by atoms with Gasteiger partial charge in [0, 0.05) is 13.1 Å². The molecule has 0 aliphatic heterocycles. The van der Waals surface area contributed by atoms with E-state index in [-0.39, 0.29) is 19.1 Å². The van der Waals surface area contributed by atoms with Gasteiger partial charge in [-0.25, -0.2) is 0 Å². The van der Waals surface area contributed by atoms with Crippen molar-refractivity contribution in [3.05, 3.63) is 35.9 Å². The molecule has 0 aliphatic rings. The predicted molar refractivity (Wildman–Crippen MR) is 67.2 cm³/mol. The third kappa shape index (κ3) is 4.44.